The van der Waals surface area contributed by atoms with Gasteiger partial charge in [-0.25, -0.2) is 4.98 Å². The minimum Gasteiger partial charge on any atom is -0.382 e. The van der Waals surface area contributed by atoms with Gasteiger partial charge in [0.05, 0.1) is 9.21 Å². The highest BCUT2D eigenvalue weighted by molar-refractivity contribution is 7.16. The van der Waals surface area contributed by atoms with Crippen molar-refractivity contribution < 1.29 is 18.3 Å². The third-order valence-electron chi connectivity index (χ3n) is 1.90. The number of aliphatic hydroxyl groups is 1. The highest BCUT2D eigenvalue weighted by atomic mass is 35.5. The van der Waals surface area contributed by atoms with Gasteiger partial charge in [-0.05, 0) is 12.1 Å². The molecule has 0 saturated carbocycles. The highest BCUT2D eigenvalue weighted by Gasteiger charge is 2.35. The van der Waals surface area contributed by atoms with Crippen molar-refractivity contribution in [3.05, 3.63) is 37.4 Å². The summed E-state index contributed by atoms with van der Waals surface area (Å²) in [5.41, 5.74) is 0. The number of aromatic nitrogens is 1. The Bertz CT molecular complexity index is 522. The first-order chi connectivity index (χ1) is 7.88. The van der Waals surface area contributed by atoms with Gasteiger partial charge in [-0.2, -0.15) is 13.2 Å². The summed E-state index contributed by atoms with van der Waals surface area (Å²) < 4.78 is 37.4. The molecule has 2 heterocycles. The molecule has 2 aromatic rings. The number of halogens is 4. The van der Waals surface area contributed by atoms with Crippen LogP contribution < -0.4 is 0 Å². The topological polar surface area (TPSA) is 33.1 Å². The summed E-state index contributed by atoms with van der Waals surface area (Å²) in [5, 5.41) is 8.88. The Hall–Kier alpha value is -0.630. The van der Waals surface area contributed by atoms with Crippen molar-refractivity contribution in [1.82, 2.24) is 4.98 Å². The summed E-state index contributed by atoms with van der Waals surface area (Å²) in [5.74, 6) is 0. The van der Waals surface area contributed by atoms with E-state index in [-0.39, 0.29) is 4.88 Å². The quantitative estimate of drug-likeness (QED) is 0.910. The lowest BCUT2D eigenvalue weighted by molar-refractivity contribution is -0.137. The Morgan fingerprint density at radius 3 is 2.41 bits per heavy atom. The lowest BCUT2D eigenvalue weighted by Crippen LogP contribution is -2.02. The summed E-state index contributed by atoms with van der Waals surface area (Å²) in [4.78, 5) is 3.89. The Kier molecular flexibility index (Phi) is 3.44. The molecule has 1 N–H and O–H groups in total. The number of hydrogen-bond donors (Lipinski definition) is 1. The molecule has 0 aromatic carbocycles. The van der Waals surface area contributed by atoms with Gasteiger partial charge in [-0.1, -0.05) is 11.6 Å². The molecule has 0 radical (unpaired) electrons. The van der Waals surface area contributed by atoms with Gasteiger partial charge < -0.3 is 5.11 Å². The first-order valence-electron chi connectivity index (χ1n) is 4.34. The van der Waals surface area contributed by atoms with Crippen LogP contribution in [-0.2, 0) is 6.18 Å². The van der Waals surface area contributed by atoms with Crippen molar-refractivity contribution in [2.24, 2.45) is 0 Å². The van der Waals surface area contributed by atoms with Gasteiger partial charge >= 0.3 is 6.18 Å². The van der Waals surface area contributed by atoms with E-state index in [4.69, 9.17) is 11.6 Å². The number of alkyl halides is 3. The lowest BCUT2D eigenvalue weighted by atomic mass is 10.3. The second kappa shape index (κ2) is 4.56. The summed E-state index contributed by atoms with van der Waals surface area (Å²) in [6, 6.07) is 3.15. The summed E-state index contributed by atoms with van der Waals surface area (Å²) in [6.07, 6.45) is -4.55. The number of aliphatic hydroxyl groups excluding tert-OH is 1. The number of thiophene rings is 1. The molecule has 0 bridgehead atoms. The van der Waals surface area contributed by atoms with Crippen LogP contribution in [0.5, 0.6) is 0 Å². The average Bonchev–Trinajstić information content (AvgIpc) is 2.83. The number of rotatable bonds is 2. The molecule has 17 heavy (non-hydrogen) atoms. The second-order valence-corrected chi connectivity index (χ2v) is 5.92. The number of thiazole rings is 1. The van der Waals surface area contributed by atoms with Crippen LogP contribution in [0.15, 0.2) is 18.3 Å². The minimum absolute atomic E-state index is 0.149. The number of nitrogens with zero attached hydrogens (tertiary/aromatic N) is 1. The Labute approximate surface area is 107 Å². The van der Waals surface area contributed by atoms with Crippen LogP contribution in [0.4, 0.5) is 13.2 Å². The predicted octanol–water partition coefficient (Wildman–Crippen LogP) is 3.96. The van der Waals surface area contributed by atoms with Crippen LogP contribution in [0.3, 0.4) is 0 Å². The molecular weight excluding hydrogens is 295 g/mol. The Balaban J connectivity index is 2.26. The molecule has 0 fully saturated rings. The van der Waals surface area contributed by atoms with E-state index in [0.717, 1.165) is 17.5 Å². The molecule has 2 rings (SSSR count). The maximum absolute atomic E-state index is 12.3. The fourth-order valence-corrected chi connectivity index (χ4v) is 3.09. The monoisotopic (exact) mass is 299 g/mol. The molecule has 0 saturated heterocycles. The van der Waals surface area contributed by atoms with E-state index >= 15 is 0 Å². The zero-order chi connectivity index (χ0) is 12.6. The molecule has 0 amide bonds. The van der Waals surface area contributed by atoms with Crippen LogP contribution in [0.1, 0.15) is 20.9 Å². The number of hydrogen-bond acceptors (Lipinski definition) is 4. The Morgan fingerprint density at radius 2 is 1.94 bits per heavy atom. The fraction of sp³-hybridized carbons (Fsp3) is 0.222. The average molecular weight is 300 g/mol. The zero-order valence-corrected chi connectivity index (χ0v) is 10.4. The maximum atomic E-state index is 12.3. The van der Waals surface area contributed by atoms with E-state index < -0.39 is 17.3 Å². The van der Waals surface area contributed by atoms with E-state index in [1.165, 1.54) is 0 Å². The summed E-state index contributed by atoms with van der Waals surface area (Å²) in [7, 11) is 0. The molecule has 0 spiro atoms. The standard InChI is InChI=1S/C9H5ClF3NOS2/c10-6-2-1-4(16-6)7(15)5-3-14-8(17-5)9(11,12)13/h1-3,7,15H. The zero-order valence-electron chi connectivity index (χ0n) is 8.03. The van der Waals surface area contributed by atoms with E-state index in [2.05, 4.69) is 4.98 Å². The third kappa shape index (κ3) is 2.79. The van der Waals surface area contributed by atoms with E-state index in [0.29, 0.717) is 20.6 Å². The van der Waals surface area contributed by atoms with Gasteiger partial charge in [-0.3, -0.25) is 0 Å². The van der Waals surface area contributed by atoms with Crippen LogP contribution in [-0.4, -0.2) is 10.1 Å². The summed E-state index contributed by atoms with van der Waals surface area (Å²) >= 11 is 7.23. The maximum Gasteiger partial charge on any atom is 0.443 e. The van der Waals surface area contributed by atoms with Crippen molar-refractivity contribution in [2.75, 3.05) is 0 Å². The van der Waals surface area contributed by atoms with Gasteiger partial charge in [0.2, 0.25) is 0 Å². The van der Waals surface area contributed by atoms with Gasteiger partial charge in [0.1, 0.15) is 6.10 Å². The molecule has 2 aromatic heterocycles. The van der Waals surface area contributed by atoms with Gasteiger partial charge in [0, 0.05) is 11.1 Å². The first-order valence-corrected chi connectivity index (χ1v) is 6.35. The van der Waals surface area contributed by atoms with Crippen LogP contribution >= 0.6 is 34.3 Å². The van der Waals surface area contributed by atoms with Crippen molar-refractivity contribution in [3.8, 4) is 0 Å². The third-order valence-corrected chi connectivity index (χ3v) is 4.28. The SMILES string of the molecule is OC(c1ccc(Cl)s1)c1cnc(C(F)(F)F)s1. The highest BCUT2D eigenvalue weighted by Crippen LogP contribution is 2.37. The molecule has 8 heteroatoms. The van der Waals surface area contributed by atoms with Crippen molar-refractivity contribution >= 4 is 34.3 Å². The molecular formula is C9H5ClF3NOS2. The minimum atomic E-state index is -4.48. The van der Waals surface area contributed by atoms with Crippen molar-refractivity contribution in [1.29, 1.82) is 0 Å². The van der Waals surface area contributed by atoms with Gasteiger partial charge in [0.15, 0.2) is 5.01 Å². The molecule has 0 aliphatic rings. The largest absolute Gasteiger partial charge is 0.443 e. The smallest absolute Gasteiger partial charge is 0.382 e. The lowest BCUT2D eigenvalue weighted by Gasteiger charge is -2.04. The summed E-state index contributed by atoms with van der Waals surface area (Å²) in [6.45, 7) is 0. The molecule has 1 unspecified atom stereocenters. The van der Waals surface area contributed by atoms with E-state index in [9.17, 15) is 18.3 Å². The predicted molar refractivity (Wildman–Crippen MR) is 60.5 cm³/mol. The van der Waals surface area contributed by atoms with E-state index in [1.54, 1.807) is 12.1 Å². The van der Waals surface area contributed by atoms with Crippen molar-refractivity contribution in [3.63, 3.8) is 0 Å². The molecule has 0 aliphatic carbocycles. The molecule has 2 nitrogen and oxygen atoms in total. The van der Waals surface area contributed by atoms with Crippen LogP contribution in [0, 0.1) is 0 Å². The molecule has 92 valence electrons. The van der Waals surface area contributed by atoms with Gasteiger partial charge in [0.25, 0.3) is 0 Å². The first kappa shape index (κ1) is 12.8. The van der Waals surface area contributed by atoms with Crippen LogP contribution in [0.25, 0.3) is 0 Å². The van der Waals surface area contributed by atoms with Crippen LogP contribution in [0.2, 0.25) is 4.34 Å². The fourth-order valence-electron chi connectivity index (χ4n) is 1.16. The Morgan fingerprint density at radius 1 is 1.24 bits per heavy atom. The normalized spacial score (nSPS) is 13.9. The molecule has 0 aliphatic heterocycles. The molecule has 1 atom stereocenters. The van der Waals surface area contributed by atoms with E-state index in [1.807, 2.05) is 0 Å². The van der Waals surface area contributed by atoms with Gasteiger partial charge in [-0.15, -0.1) is 22.7 Å². The second-order valence-electron chi connectivity index (χ2n) is 3.11. The van der Waals surface area contributed by atoms with Crippen molar-refractivity contribution in [2.45, 2.75) is 12.3 Å².